The van der Waals surface area contributed by atoms with Crippen molar-refractivity contribution in [2.24, 2.45) is 11.7 Å². The van der Waals surface area contributed by atoms with Crippen LogP contribution in [0.15, 0.2) is 0 Å². The number of nitrogens with one attached hydrogen (secondary N) is 1. The Morgan fingerprint density at radius 1 is 1.19 bits per heavy atom. The van der Waals surface area contributed by atoms with Gasteiger partial charge < -0.3 is 11.1 Å². The molecule has 1 aliphatic carbocycles. The topological polar surface area (TPSA) is 55.1 Å². The van der Waals surface area contributed by atoms with E-state index in [1.165, 1.54) is 25.7 Å². The van der Waals surface area contributed by atoms with E-state index < -0.39 is 0 Å². The summed E-state index contributed by atoms with van der Waals surface area (Å²) in [7, 11) is 0. The third-order valence-electron chi connectivity index (χ3n) is 3.22. The maximum atomic E-state index is 11.7. The highest BCUT2D eigenvalue weighted by molar-refractivity contribution is 5.85. The van der Waals surface area contributed by atoms with Gasteiger partial charge in [0.25, 0.3) is 0 Å². The first-order valence-electron chi connectivity index (χ1n) is 6.17. The number of amides is 1. The van der Waals surface area contributed by atoms with Crippen LogP contribution in [0.4, 0.5) is 0 Å². The van der Waals surface area contributed by atoms with Gasteiger partial charge in [-0.1, -0.05) is 39.5 Å². The number of rotatable bonds is 3. The van der Waals surface area contributed by atoms with Crippen molar-refractivity contribution >= 4 is 18.3 Å². The molecule has 1 fully saturated rings. The van der Waals surface area contributed by atoms with Crippen LogP contribution in [0.5, 0.6) is 0 Å². The van der Waals surface area contributed by atoms with Crippen molar-refractivity contribution in [3.63, 3.8) is 0 Å². The smallest absolute Gasteiger partial charge is 0.237 e. The second-order valence-corrected chi connectivity index (χ2v) is 4.97. The summed E-state index contributed by atoms with van der Waals surface area (Å²) < 4.78 is 0. The third kappa shape index (κ3) is 5.17. The van der Waals surface area contributed by atoms with Gasteiger partial charge in [0.15, 0.2) is 0 Å². The summed E-state index contributed by atoms with van der Waals surface area (Å²) in [5, 5.41) is 3.08. The lowest BCUT2D eigenvalue weighted by Crippen LogP contribution is -2.47. The molecule has 0 heterocycles. The predicted molar refractivity (Wildman–Crippen MR) is 69.7 cm³/mol. The zero-order chi connectivity index (χ0) is 11.3. The van der Waals surface area contributed by atoms with E-state index in [0.717, 1.165) is 12.8 Å². The average Bonchev–Trinajstić information content (AvgIpc) is 2.45. The minimum Gasteiger partial charge on any atom is -0.352 e. The largest absolute Gasteiger partial charge is 0.352 e. The van der Waals surface area contributed by atoms with Crippen molar-refractivity contribution in [2.45, 2.75) is 64.5 Å². The van der Waals surface area contributed by atoms with Gasteiger partial charge in [-0.05, 0) is 18.8 Å². The molecule has 1 aliphatic rings. The maximum Gasteiger partial charge on any atom is 0.237 e. The van der Waals surface area contributed by atoms with Crippen LogP contribution in [0, 0.1) is 5.92 Å². The summed E-state index contributed by atoms with van der Waals surface area (Å²) in [5.41, 5.74) is 5.80. The highest BCUT2D eigenvalue weighted by Crippen LogP contribution is 2.17. The first kappa shape index (κ1) is 15.7. The number of halogens is 1. The van der Waals surface area contributed by atoms with Gasteiger partial charge in [-0.25, -0.2) is 0 Å². The monoisotopic (exact) mass is 248 g/mol. The van der Waals surface area contributed by atoms with Gasteiger partial charge >= 0.3 is 0 Å². The number of hydrogen-bond acceptors (Lipinski definition) is 2. The molecule has 0 spiro atoms. The zero-order valence-corrected chi connectivity index (χ0v) is 11.2. The molecule has 1 amide bonds. The van der Waals surface area contributed by atoms with Gasteiger partial charge in [-0.15, -0.1) is 12.4 Å². The highest BCUT2D eigenvalue weighted by atomic mass is 35.5. The van der Waals surface area contributed by atoms with Crippen LogP contribution in [0.1, 0.15) is 52.4 Å². The van der Waals surface area contributed by atoms with Crippen LogP contribution in [0.25, 0.3) is 0 Å². The quantitative estimate of drug-likeness (QED) is 0.753. The second-order valence-electron chi connectivity index (χ2n) is 4.97. The second kappa shape index (κ2) is 7.91. The van der Waals surface area contributed by atoms with Crippen LogP contribution in [0.3, 0.4) is 0 Å². The van der Waals surface area contributed by atoms with E-state index in [2.05, 4.69) is 5.32 Å². The number of nitrogens with two attached hydrogens (primary N) is 1. The van der Waals surface area contributed by atoms with Crippen molar-refractivity contribution in [1.29, 1.82) is 0 Å². The molecule has 96 valence electrons. The molecule has 0 saturated heterocycles. The summed E-state index contributed by atoms with van der Waals surface area (Å²) in [6.07, 6.45) is 7.34. The fourth-order valence-corrected chi connectivity index (χ4v) is 2.02. The molecule has 0 bridgehead atoms. The Morgan fingerprint density at radius 3 is 2.12 bits per heavy atom. The molecular formula is C12H25ClN2O. The van der Waals surface area contributed by atoms with E-state index in [9.17, 15) is 4.79 Å². The predicted octanol–water partition coefficient (Wildman–Crippen LogP) is 2.23. The Morgan fingerprint density at radius 2 is 1.69 bits per heavy atom. The molecule has 3 N–H and O–H groups in total. The van der Waals surface area contributed by atoms with Crippen molar-refractivity contribution in [3.05, 3.63) is 0 Å². The Kier molecular flexibility index (Phi) is 7.77. The van der Waals surface area contributed by atoms with Crippen molar-refractivity contribution < 1.29 is 4.79 Å². The molecule has 1 atom stereocenters. The Hall–Kier alpha value is -0.280. The molecular weight excluding hydrogens is 224 g/mol. The SMILES string of the molecule is CC(C)C(N)C(=O)NC1CCCCCC1.Cl. The summed E-state index contributed by atoms with van der Waals surface area (Å²) >= 11 is 0. The highest BCUT2D eigenvalue weighted by Gasteiger charge is 2.21. The van der Waals surface area contributed by atoms with E-state index in [1.807, 2.05) is 13.8 Å². The summed E-state index contributed by atoms with van der Waals surface area (Å²) in [6.45, 7) is 3.97. The fourth-order valence-electron chi connectivity index (χ4n) is 2.02. The molecule has 1 saturated carbocycles. The van der Waals surface area contributed by atoms with Crippen LogP contribution >= 0.6 is 12.4 Å². The number of carbonyl (C=O) groups excluding carboxylic acids is 1. The van der Waals surface area contributed by atoms with E-state index in [1.54, 1.807) is 0 Å². The Bertz CT molecular complexity index is 201. The maximum absolute atomic E-state index is 11.7. The van der Waals surface area contributed by atoms with Gasteiger partial charge in [0.05, 0.1) is 6.04 Å². The minimum absolute atomic E-state index is 0. The van der Waals surface area contributed by atoms with Crippen LogP contribution < -0.4 is 11.1 Å². The first-order chi connectivity index (χ1) is 7.11. The van der Waals surface area contributed by atoms with Crippen LogP contribution in [-0.2, 0) is 4.79 Å². The van der Waals surface area contributed by atoms with Gasteiger partial charge in [0.2, 0.25) is 5.91 Å². The van der Waals surface area contributed by atoms with E-state index in [4.69, 9.17) is 5.73 Å². The van der Waals surface area contributed by atoms with Crippen molar-refractivity contribution in [3.8, 4) is 0 Å². The summed E-state index contributed by atoms with van der Waals surface area (Å²) in [4.78, 5) is 11.7. The van der Waals surface area contributed by atoms with E-state index >= 15 is 0 Å². The lowest BCUT2D eigenvalue weighted by Gasteiger charge is -2.21. The molecule has 16 heavy (non-hydrogen) atoms. The van der Waals surface area contributed by atoms with Crippen molar-refractivity contribution in [2.75, 3.05) is 0 Å². The molecule has 0 aliphatic heterocycles. The lowest BCUT2D eigenvalue weighted by molar-refractivity contribution is -0.124. The van der Waals surface area contributed by atoms with Gasteiger partial charge in [0, 0.05) is 6.04 Å². The van der Waals surface area contributed by atoms with E-state index in [-0.39, 0.29) is 30.3 Å². The van der Waals surface area contributed by atoms with Crippen molar-refractivity contribution in [1.82, 2.24) is 5.32 Å². The lowest BCUT2D eigenvalue weighted by atomic mass is 10.0. The fraction of sp³-hybridized carbons (Fsp3) is 0.917. The molecule has 0 aromatic rings. The van der Waals surface area contributed by atoms with Crippen LogP contribution in [0.2, 0.25) is 0 Å². The zero-order valence-electron chi connectivity index (χ0n) is 10.4. The van der Waals surface area contributed by atoms with E-state index in [0.29, 0.717) is 6.04 Å². The molecule has 1 rings (SSSR count). The summed E-state index contributed by atoms with van der Waals surface area (Å²) in [5.74, 6) is 0.243. The Labute approximate surface area is 105 Å². The molecule has 0 aromatic carbocycles. The normalized spacial score (nSPS) is 19.8. The molecule has 4 heteroatoms. The standard InChI is InChI=1S/C12H24N2O.ClH/c1-9(2)11(13)12(15)14-10-7-5-3-4-6-8-10;/h9-11H,3-8,13H2,1-2H3,(H,14,15);1H. The number of carbonyl (C=O) groups is 1. The van der Waals surface area contributed by atoms with Crippen LogP contribution in [-0.4, -0.2) is 18.0 Å². The Balaban J connectivity index is 0.00000225. The molecule has 1 unspecified atom stereocenters. The van der Waals surface area contributed by atoms with Gasteiger partial charge in [-0.2, -0.15) is 0 Å². The molecule has 0 aromatic heterocycles. The summed E-state index contributed by atoms with van der Waals surface area (Å²) in [6, 6.07) is 0.0121. The molecule has 0 radical (unpaired) electrons. The number of hydrogen-bond donors (Lipinski definition) is 2. The minimum atomic E-state index is -0.353. The van der Waals surface area contributed by atoms with Gasteiger partial charge in [0.1, 0.15) is 0 Å². The van der Waals surface area contributed by atoms with Gasteiger partial charge in [-0.3, -0.25) is 4.79 Å². The average molecular weight is 249 g/mol. The first-order valence-corrected chi connectivity index (χ1v) is 6.17. The third-order valence-corrected chi connectivity index (χ3v) is 3.22. The molecule has 3 nitrogen and oxygen atoms in total.